The first-order valence-corrected chi connectivity index (χ1v) is 14.1. The van der Waals surface area contributed by atoms with Crippen LogP contribution in [-0.2, 0) is 24.2 Å². The molecule has 11 nitrogen and oxygen atoms in total. The molecule has 37 heavy (non-hydrogen) atoms. The molecule has 202 valence electrons. The number of hydrogen-bond donors (Lipinski definition) is 1. The maximum atomic E-state index is 13.5. The first kappa shape index (κ1) is 26.3. The van der Waals surface area contributed by atoms with E-state index in [0.29, 0.717) is 36.8 Å². The average Bonchev–Trinajstić information content (AvgIpc) is 3.50. The van der Waals surface area contributed by atoms with Gasteiger partial charge in [-0.05, 0) is 19.4 Å². The Hall–Kier alpha value is -2.30. The van der Waals surface area contributed by atoms with E-state index < -0.39 is 27.0 Å². The van der Waals surface area contributed by atoms with Crippen LogP contribution in [0.15, 0.2) is 23.4 Å². The van der Waals surface area contributed by atoms with E-state index in [0.717, 1.165) is 17.8 Å². The van der Waals surface area contributed by atoms with Crippen LogP contribution in [0.5, 0.6) is 0 Å². The lowest BCUT2D eigenvalue weighted by molar-refractivity contribution is -0.0523. The van der Waals surface area contributed by atoms with E-state index in [2.05, 4.69) is 24.8 Å². The Morgan fingerprint density at radius 2 is 2.14 bits per heavy atom. The second-order valence-electron chi connectivity index (χ2n) is 9.43. The number of pyridine rings is 1. The highest BCUT2D eigenvalue weighted by molar-refractivity contribution is 7.89. The van der Waals surface area contributed by atoms with Crippen molar-refractivity contribution in [2.75, 3.05) is 45.0 Å². The van der Waals surface area contributed by atoms with Gasteiger partial charge in [0.15, 0.2) is 15.7 Å². The van der Waals surface area contributed by atoms with Gasteiger partial charge >= 0.3 is 0 Å². The number of hydrogen-bond acceptors (Lipinski definition) is 10. The van der Waals surface area contributed by atoms with E-state index in [1.54, 1.807) is 24.5 Å². The van der Waals surface area contributed by atoms with Crippen molar-refractivity contribution in [3.05, 3.63) is 23.5 Å². The number of nitrogens with one attached hydrogen (secondary N) is 1. The highest BCUT2D eigenvalue weighted by atomic mass is 32.2. The lowest BCUT2D eigenvalue weighted by atomic mass is 10.0. The maximum absolute atomic E-state index is 13.5. The molecule has 0 aliphatic carbocycles. The highest BCUT2D eigenvalue weighted by Crippen LogP contribution is 2.35. The van der Waals surface area contributed by atoms with Crippen LogP contribution in [0, 0.1) is 0 Å². The first-order chi connectivity index (χ1) is 17.6. The smallest absolute Gasteiger partial charge is 0.291 e. The zero-order chi connectivity index (χ0) is 26.4. The molecule has 3 aromatic rings. The number of aromatic nitrogens is 4. The molecule has 0 radical (unpaired) electrons. The fraction of sp³-hybridized carbons (Fsp3) is 0.591. The molecule has 2 aliphatic rings. The van der Waals surface area contributed by atoms with Crippen molar-refractivity contribution < 1.29 is 31.4 Å². The van der Waals surface area contributed by atoms with Crippen molar-refractivity contribution >= 4 is 32.7 Å². The summed E-state index contributed by atoms with van der Waals surface area (Å²) >= 11 is 0.738. The Bertz CT molecular complexity index is 1380. The average molecular weight is 559 g/mol. The van der Waals surface area contributed by atoms with E-state index in [4.69, 9.17) is 14.2 Å². The molecule has 0 amide bonds. The number of halogens is 2. The van der Waals surface area contributed by atoms with E-state index in [-0.39, 0.29) is 35.3 Å². The SMILES string of the molecule is CC[C@H]1CO[C@@H](COC)CN1c1cc(S(=O)(=O)NC2(C)COC2)cn2c(-c3nnc(C(F)F)s3)cnc12. The molecule has 5 heterocycles. The molecule has 0 bridgehead atoms. The summed E-state index contributed by atoms with van der Waals surface area (Å²) in [6, 6.07) is 1.56. The van der Waals surface area contributed by atoms with Crippen LogP contribution in [-0.4, -0.2) is 85.8 Å². The summed E-state index contributed by atoms with van der Waals surface area (Å²) in [6.45, 7) is 5.59. The number of fused-ring (bicyclic) bond motifs is 1. The molecule has 2 aliphatic heterocycles. The fourth-order valence-electron chi connectivity index (χ4n) is 4.52. The van der Waals surface area contributed by atoms with Gasteiger partial charge in [0, 0.05) is 19.9 Å². The lowest BCUT2D eigenvalue weighted by Gasteiger charge is -2.41. The number of methoxy groups -OCH3 is 1. The number of ether oxygens (including phenoxy) is 3. The fourth-order valence-corrected chi connectivity index (χ4v) is 6.62. The number of rotatable bonds is 9. The minimum absolute atomic E-state index is 0.00519. The zero-order valence-corrected chi connectivity index (χ0v) is 22.2. The predicted molar refractivity (Wildman–Crippen MR) is 132 cm³/mol. The van der Waals surface area contributed by atoms with Crippen LogP contribution in [0.25, 0.3) is 16.3 Å². The van der Waals surface area contributed by atoms with Gasteiger partial charge in [0.05, 0.1) is 56.0 Å². The standard InChI is InChI=1S/C22H28F2N6O5S2/c1-4-13-9-35-14(10-33-3)7-29(13)16-5-15(37(31,32)28-22(2)11-34-12-22)8-30-17(6-25-19(16)30)20-26-27-21(36-20)18(23)24/h5-6,8,13-14,18,28H,4,7,9-12H2,1-3H3/t13-,14+/m0/s1. The number of anilines is 1. The van der Waals surface area contributed by atoms with Gasteiger partial charge in [0.1, 0.15) is 10.6 Å². The second kappa shape index (κ2) is 10.1. The number of alkyl halides is 2. The number of imidazole rings is 1. The predicted octanol–water partition coefficient (Wildman–Crippen LogP) is 2.49. The van der Waals surface area contributed by atoms with Crippen LogP contribution < -0.4 is 9.62 Å². The molecular weight excluding hydrogens is 530 g/mol. The summed E-state index contributed by atoms with van der Waals surface area (Å²) in [5.41, 5.74) is 0.702. The Balaban J connectivity index is 1.66. The number of nitrogens with zero attached hydrogens (tertiary/aromatic N) is 5. The van der Waals surface area contributed by atoms with Gasteiger partial charge in [0.2, 0.25) is 10.0 Å². The Morgan fingerprint density at radius 1 is 1.35 bits per heavy atom. The number of morpholine rings is 1. The van der Waals surface area contributed by atoms with Crippen LogP contribution in [0.3, 0.4) is 0 Å². The molecule has 0 saturated carbocycles. The molecule has 0 unspecified atom stereocenters. The van der Waals surface area contributed by atoms with Gasteiger partial charge in [-0.15, -0.1) is 10.2 Å². The van der Waals surface area contributed by atoms with Crippen LogP contribution >= 0.6 is 11.3 Å². The minimum atomic E-state index is -3.98. The molecule has 5 rings (SSSR count). The van der Waals surface area contributed by atoms with E-state index in [1.165, 1.54) is 12.4 Å². The quantitative estimate of drug-likeness (QED) is 0.422. The van der Waals surface area contributed by atoms with Gasteiger partial charge in [-0.25, -0.2) is 26.9 Å². The molecule has 2 atom stereocenters. The van der Waals surface area contributed by atoms with E-state index in [9.17, 15) is 17.2 Å². The van der Waals surface area contributed by atoms with Gasteiger partial charge in [-0.3, -0.25) is 4.40 Å². The second-order valence-corrected chi connectivity index (χ2v) is 12.1. The molecule has 15 heteroatoms. The Labute approximate surface area is 216 Å². The van der Waals surface area contributed by atoms with Crippen molar-refractivity contribution in [2.45, 2.75) is 49.3 Å². The van der Waals surface area contributed by atoms with Gasteiger partial charge in [-0.1, -0.05) is 18.3 Å². The highest BCUT2D eigenvalue weighted by Gasteiger charge is 2.39. The normalized spacial score (nSPS) is 22.1. The van der Waals surface area contributed by atoms with Crippen molar-refractivity contribution in [1.29, 1.82) is 0 Å². The molecular formula is C22H28F2N6O5S2. The van der Waals surface area contributed by atoms with Crippen molar-refractivity contribution in [1.82, 2.24) is 24.3 Å². The van der Waals surface area contributed by atoms with Gasteiger partial charge in [0.25, 0.3) is 6.43 Å². The maximum Gasteiger partial charge on any atom is 0.291 e. The third-order valence-corrected chi connectivity index (χ3v) is 9.00. The zero-order valence-electron chi connectivity index (χ0n) is 20.6. The minimum Gasteiger partial charge on any atom is -0.382 e. The first-order valence-electron chi connectivity index (χ1n) is 11.8. The molecule has 3 aromatic heterocycles. The van der Waals surface area contributed by atoms with E-state index in [1.807, 2.05) is 6.92 Å². The van der Waals surface area contributed by atoms with Gasteiger partial charge in [-0.2, -0.15) is 0 Å². The largest absolute Gasteiger partial charge is 0.382 e. The summed E-state index contributed by atoms with van der Waals surface area (Å²) in [5, 5.41) is 7.28. The summed E-state index contributed by atoms with van der Waals surface area (Å²) in [6.07, 6.45) is 0.696. The van der Waals surface area contributed by atoms with Crippen LogP contribution in [0.4, 0.5) is 14.5 Å². The number of sulfonamides is 1. The Morgan fingerprint density at radius 3 is 2.76 bits per heavy atom. The third kappa shape index (κ3) is 5.07. The van der Waals surface area contributed by atoms with Crippen molar-refractivity contribution in [3.63, 3.8) is 0 Å². The molecule has 0 aromatic carbocycles. The topological polar surface area (TPSA) is 120 Å². The van der Waals surface area contributed by atoms with Gasteiger partial charge < -0.3 is 19.1 Å². The molecule has 2 saturated heterocycles. The summed E-state index contributed by atoms with van der Waals surface area (Å²) in [4.78, 5) is 6.64. The molecule has 2 fully saturated rings. The summed E-state index contributed by atoms with van der Waals surface area (Å²) < 4.78 is 74.2. The summed E-state index contributed by atoms with van der Waals surface area (Å²) in [7, 11) is -2.38. The molecule has 0 spiro atoms. The van der Waals surface area contributed by atoms with Crippen molar-refractivity contribution in [2.24, 2.45) is 0 Å². The van der Waals surface area contributed by atoms with E-state index >= 15 is 0 Å². The van der Waals surface area contributed by atoms with Crippen LogP contribution in [0.1, 0.15) is 31.7 Å². The molecule has 1 N–H and O–H groups in total. The van der Waals surface area contributed by atoms with Crippen LogP contribution in [0.2, 0.25) is 0 Å². The Kier molecular flexibility index (Phi) is 7.19. The lowest BCUT2D eigenvalue weighted by Crippen LogP contribution is -2.59. The summed E-state index contributed by atoms with van der Waals surface area (Å²) in [5.74, 6) is 0. The monoisotopic (exact) mass is 558 g/mol. The van der Waals surface area contributed by atoms with Crippen molar-refractivity contribution in [3.8, 4) is 10.7 Å². The third-order valence-electron chi connectivity index (χ3n) is 6.44.